The third-order valence-corrected chi connectivity index (χ3v) is 27.1. The van der Waals surface area contributed by atoms with Crippen LogP contribution in [0, 0.1) is 0 Å². The van der Waals surface area contributed by atoms with Gasteiger partial charge >= 0.3 is 286 Å². The van der Waals surface area contributed by atoms with Gasteiger partial charge in [-0.2, -0.15) is 0 Å². The Kier molecular flexibility index (Phi) is 9.30. The quantitative estimate of drug-likeness (QED) is 0.152. The summed E-state index contributed by atoms with van der Waals surface area (Å²) < 4.78 is 11.0. The van der Waals surface area contributed by atoms with Crippen molar-refractivity contribution >= 4 is 53.8 Å². The normalized spacial score (nSPS) is 13.3. The number of rotatable bonds is 7. The predicted octanol–water partition coefficient (Wildman–Crippen LogP) is 12.1. The Hall–Kier alpha value is -4.13. The average Bonchev–Trinajstić information content (AvgIpc) is 3.82. The monoisotopic (exact) mass is 764 g/mol. The van der Waals surface area contributed by atoms with E-state index in [0.29, 0.717) is 0 Å². The van der Waals surface area contributed by atoms with Gasteiger partial charge in [-0.15, -0.1) is 24.8 Å². The van der Waals surface area contributed by atoms with E-state index < -0.39 is 18.3 Å². The van der Waals surface area contributed by atoms with Gasteiger partial charge < -0.3 is 0 Å². The molecule has 0 amide bonds. The van der Waals surface area contributed by atoms with Crippen LogP contribution in [0.5, 0.6) is 0 Å². The molecule has 3 heteroatoms. The first-order chi connectivity index (χ1) is 23.6. The van der Waals surface area contributed by atoms with Crippen molar-refractivity contribution in [3.63, 3.8) is 0 Å². The average molecular weight is 767 g/mol. The summed E-state index contributed by atoms with van der Waals surface area (Å²) in [4.78, 5) is 0. The first-order valence-corrected chi connectivity index (χ1v) is 24.9. The van der Waals surface area contributed by atoms with Crippen molar-refractivity contribution in [2.24, 2.45) is 0 Å². The van der Waals surface area contributed by atoms with Crippen LogP contribution >= 0.6 is 24.8 Å². The SMILES string of the molecule is Cl.Cl.[CH2]=[Zr]([CH2]c1cccc2ccccc12)([CH2]c1cccc2ccccc12)([C]1=CC=CC1)[c]1c(-c2ccccc2)ccc2c1Cc1ccccc1-2. The maximum absolute atomic E-state index is 5.89. The van der Waals surface area contributed by atoms with Gasteiger partial charge in [0, 0.05) is 0 Å². The number of allylic oxidation sites excluding steroid dienone is 4. The summed E-state index contributed by atoms with van der Waals surface area (Å²) in [7, 11) is 0. The number of hydrogen-bond acceptors (Lipinski definition) is 0. The topological polar surface area (TPSA) is 0 Å². The van der Waals surface area contributed by atoms with Crippen molar-refractivity contribution in [3.8, 4) is 22.3 Å². The standard InChI is InChI=1S/C19H13.2C11H9.C5H5.CH2.2ClH.Zr/c1-2-6-14(7-3-1)15-10-11-19-17(12-15)13-16-8-4-5-9-18(16)19;2*1-9-5-4-7-10-6-2-3-8-11(9)10;1-2-4-5-3-1;;;;/h1-11H,13H2;2*2-8H,1H2;1-3H,4H2;1H2;2*1H;. The number of fused-ring (bicyclic) bond motifs is 5. The van der Waals surface area contributed by atoms with Crippen molar-refractivity contribution in [1.82, 2.24) is 0 Å². The summed E-state index contributed by atoms with van der Waals surface area (Å²) in [5.41, 5.74) is 11.2. The molecule has 246 valence electrons. The molecule has 2 aliphatic rings. The second-order valence-corrected chi connectivity index (χ2v) is 28.2. The van der Waals surface area contributed by atoms with Crippen LogP contribution in [0.4, 0.5) is 0 Å². The van der Waals surface area contributed by atoms with Gasteiger partial charge in [-0.05, 0) is 0 Å². The summed E-state index contributed by atoms with van der Waals surface area (Å²) in [5.74, 6) is 0. The van der Waals surface area contributed by atoms with Gasteiger partial charge in [0.2, 0.25) is 0 Å². The third-order valence-electron chi connectivity index (χ3n) is 11.3. The maximum atomic E-state index is 5.89. The van der Waals surface area contributed by atoms with Crippen LogP contribution in [0.3, 0.4) is 0 Å². The summed E-state index contributed by atoms with van der Waals surface area (Å²) in [6, 6.07) is 56.8. The van der Waals surface area contributed by atoms with Gasteiger partial charge in [0.1, 0.15) is 0 Å². The van der Waals surface area contributed by atoms with E-state index in [1.54, 1.807) is 6.55 Å². The molecule has 0 aromatic heterocycles. The fourth-order valence-electron chi connectivity index (χ4n) is 9.19. The Morgan fingerprint density at radius 3 is 1.72 bits per heavy atom. The molecule has 0 N–H and O–H groups in total. The second kappa shape index (κ2) is 13.5. The first kappa shape index (κ1) is 34.3. The van der Waals surface area contributed by atoms with Crippen LogP contribution in [-0.4, -0.2) is 4.21 Å². The molecule has 0 aliphatic heterocycles. The Labute approximate surface area is 308 Å². The van der Waals surface area contributed by atoms with Gasteiger partial charge in [-0.3, -0.25) is 0 Å². The molecule has 0 fully saturated rings. The zero-order valence-electron chi connectivity index (χ0n) is 28.0. The van der Waals surface area contributed by atoms with Crippen molar-refractivity contribution in [2.75, 3.05) is 0 Å². The molecule has 0 nitrogen and oxygen atoms in total. The summed E-state index contributed by atoms with van der Waals surface area (Å²) in [6.07, 6.45) is 9.08. The Morgan fingerprint density at radius 2 is 1.08 bits per heavy atom. The van der Waals surface area contributed by atoms with Crippen LogP contribution in [0.1, 0.15) is 28.7 Å². The Morgan fingerprint density at radius 1 is 0.520 bits per heavy atom. The molecular formula is C47H40Cl2Zr. The van der Waals surface area contributed by atoms with E-state index in [9.17, 15) is 0 Å². The molecule has 0 heterocycles. The Bertz CT molecular complexity index is 2430. The number of benzene rings is 7. The molecule has 0 saturated heterocycles. The molecule has 0 atom stereocenters. The minimum absolute atomic E-state index is 0. The molecule has 9 rings (SSSR count). The van der Waals surface area contributed by atoms with E-state index in [0.717, 1.165) is 21.1 Å². The zero-order chi connectivity index (χ0) is 32.2. The van der Waals surface area contributed by atoms with Crippen molar-refractivity contribution in [1.29, 1.82) is 0 Å². The molecule has 7 aromatic carbocycles. The van der Waals surface area contributed by atoms with Crippen LogP contribution in [-0.2, 0) is 33.0 Å². The van der Waals surface area contributed by atoms with Gasteiger partial charge in [-0.1, -0.05) is 0 Å². The van der Waals surface area contributed by atoms with Crippen LogP contribution < -0.4 is 3.27 Å². The fourth-order valence-corrected chi connectivity index (χ4v) is 26.0. The van der Waals surface area contributed by atoms with Crippen molar-refractivity contribution < 1.29 is 18.3 Å². The Balaban J connectivity index is 0.00000196. The zero-order valence-corrected chi connectivity index (χ0v) is 32.1. The predicted molar refractivity (Wildman–Crippen MR) is 219 cm³/mol. The van der Waals surface area contributed by atoms with E-state index >= 15 is 0 Å². The summed E-state index contributed by atoms with van der Waals surface area (Å²) >= 11 is -4.75. The second-order valence-electron chi connectivity index (χ2n) is 14.1. The molecule has 0 bridgehead atoms. The minimum atomic E-state index is -4.75. The van der Waals surface area contributed by atoms with Gasteiger partial charge in [-0.25, -0.2) is 0 Å². The molecule has 2 aliphatic carbocycles. The first-order valence-electron chi connectivity index (χ1n) is 17.2. The van der Waals surface area contributed by atoms with Gasteiger partial charge in [0.15, 0.2) is 0 Å². The molecule has 0 saturated carbocycles. The molecule has 0 spiro atoms. The molecule has 0 unspecified atom stereocenters. The van der Waals surface area contributed by atoms with E-state index in [-0.39, 0.29) is 24.8 Å². The van der Waals surface area contributed by atoms with Crippen LogP contribution in [0.2, 0.25) is 0 Å². The summed E-state index contributed by atoms with van der Waals surface area (Å²) in [6.45, 7) is 0. The van der Waals surface area contributed by atoms with E-state index in [1.807, 2.05) is 0 Å². The van der Waals surface area contributed by atoms with Gasteiger partial charge in [0.05, 0.1) is 0 Å². The van der Waals surface area contributed by atoms with Gasteiger partial charge in [0.25, 0.3) is 0 Å². The molecular weight excluding hydrogens is 727 g/mol. The molecule has 0 radical (unpaired) electrons. The number of halogens is 2. The van der Waals surface area contributed by atoms with Crippen LogP contribution in [0.15, 0.2) is 173 Å². The van der Waals surface area contributed by atoms with Crippen LogP contribution in [0.25, 0.3) is 43.8 Å². The van der Waals surface area contributed by atoms with E-state index in [2.05, 4.69) is 170 Å². The van der Waals surface area contributed by atoms with Crippen molar-refractivity contribution in [2.45, 2.75) is 21.1 Å². The molecule has 7 aromatic rings. The van der Waals surface area contributed by atoms with E-state index in [4.69, 9.17) is 4.21 Å². The van der Waals surface area contributed by atoms with Crippen molar-refractivity contribution in [3.05, 3.63) is 195 Å². The fraction of sp³-hybridized carbons (Fsp3) is 0.0851. The number of hydrogen-bond donors (Lipinski definition) is 0. The summed E-state index contributed by atoms with van der Waals surface area (Å²) in [5, 5.41) is 5.31. The third kappa shape index (κ3) is 5.52. The van der Waals surface area contributed by atoms with E-state index in [1.165, 1.54) is 66.1 Å². The molecule has 50 heavy (non-hydrogen) atoms.